The van der Waals surface area contributed by atoms with Crippen LogP contribution >= 0.6 is 31.9 Å². The number of aromatic carboxylic acids is 1. The third-order valence-corrected chi connectivity index (χ3v) is 2.31. The number of carboxylic acid groups (broad SMARTS) is 1. The van der Waals surface area contributed by atoms with Gasteiger partial charge in [0.05, 0.1) is 10.4 Å². The first-order valence-corrected chi connectivity index (χ1v) is 4.50. The molecule has 0 radical (unpaired) electrons. The minimum Gasteiger partial charge on any atom is -0.545 e. The van der Waals surface area contributed by atoms with Gasteiger partial charge in [0.2, 0.25) is 0 Å². The second kappa shape index (κ2) is 5.06. The molecular formula is C7H3Br2LiO3. The van der Waals surface area contributed by atoms with Crippen LogP contribution in [0.3, 0.4) is 0 Å². The number of halogens is 2. The Morgan fingerprint density at radius 2 is 1.92 bits per heavy atom. The van der Waals surface area contributed by atoms with Crippen molar-refractivity contribution in [3.8, 4) is 5.75 Å². The Morgan fingerprint density at radius 1 is 1.38 bits per heavy atom. The van der Waals surface area contributed by atoms with Gasteiger partial charge in [-0.15, -0.1) is 0 Å². The maximum absolute atomic E-state index is 10.4. The van der Waals surface area contributed by atoms with E-state index in [4.69, 9.17) is 0 Å². The molecule has 0 amide bonds. The molecule has 0 heterocycles. The number of aromatic hydroxyl groups is 1. The van der Waals surface area contributed by atoms with Crippen molar-refractivity contribution in [2.24, 2.45) is 0 Å². The van der Waals surface area contributed by atoms with Crippen molar-refractivity contribution in [3.63, 3.8) is 0 Å². The van der Waals surface area contributed by atoms with Gasteiger partial charge in [0.25, 0.3) is 0 Å². The maximum atomic E-state index is 10.4. The van der Waals surface area contributed by atoms with Crippen molar-refractivity contribution in [1.29, 1.82) is 0 Å². The number of carbonyl (C=O) groups is 1. The quantitative estimate of drug-likeness (QED) is 0.628. The minimum absolute atomic E-state index is 0. The average Bonchev–Trinajstić information content (AvgIpc) is 1.96. The van der Waals surface area contributed by atoms with Gasteiger partial charge in [0.1, 0.15) is 5.75 Å². The van der Waals surface area contributed by atoms with E-state index in [-0.39, 0.29) is 30.2 Å². The van der Waals surface area contributed by atoms with Gasteiger partial charge < -0.3 is 15.0 Å². The summed E-state index contributed by atoms with van der Waals surface area (Å²) in [7, 11) is 0. The molecule has 64 valence electrons. The van der Waals surface area contributed by atoms with E-state index in [2.05, 4.69) is 31.9 Å². The van der Waals surface area contributed by atoms with E-state index in [0.29, 0.717) is 8.95 Å². The summed E-state index contributed by atoms with van der Waals surface area (Å²) in [4.78, 5) is 10.4. The fourth-order valence-corrected chi connectivity index (χ4v) is 1.95. The Bertz CT molecular complexity index is 341. The van der Waals surface area contributed by atoms with E-state index in [1.165, 1.54) is 6.07 Å². The molecule has 1 rings (SSSR count). The molecule has 1 aromatic carbocycles. The van der Waals surface area contributed by atoms with Crippen molar-refractivity contribution in [3.05, 3.63) is 26.6 Å². The van der Waals surface area contributed by atoms with Gasteiger partial charge in [-0.2, -0.15) is 0 Å². The fraction of sp³-hybridized carbons (Fsp3) is 0. The largest absolute Gasteiger partial charge is 1.00 e. The molecule has 0 saturated heterocycles. The SMILES string of the molecule is O=C([O-])c1cc(Br)cc(Br)c1O.[Li+]. The number of carbonyl (C=O) groups excluding carboxylic acids is 1. The third kappa shape index (κ3) is 3.03. The molecule has 6 heteroatoms. The van der Waals surface area contributed by atoms with Gasteiger partial charge in [-0.1, -0.05) is 15.9 Å². The zero-order chi connectivity index (χ0) is 9.30. The summed E-state index contributed by atoms with van der Waals surface area (Å²) in [6, 6.07) is 2.82. The summed E-state index contributed by atoms with van der Waals surface area (Å²) < 4.78 is 0.877. The summed E-state index contributed by atoms with van der Waals surface area (Å²) in [5.74, 6) is -1.73. The van der Waals surface area contributed by atoms with Gasteiger partial charge in [0.15, 0.2) is 0 Å². The van der Waals surface area contributed by atoms with Crippen LogP contribution < -0.4 is 24.0 Å². The normalized spacial score (nSPS) is 9.08. The topological polar surface area (TPSA) is 60.4 Å². The minimum atomic E-state index is -1.41. The number of benzene rings is 1. The number of carboxylic acids is 1. The van der Waals surface area contributed by atoms with E-state index in [9.17, 15) is 15.0 Å². The van der Waals surface area contributed by atoms with Gasteiger partial charge >= 0.3 is 18.9 Å². The van der Waals surface area contributed by atoms with Crippen LogP contribution in [0.4, 0.5) is 0 Å². The molecule has 0 atom stereocenters. The Labute approximate surface area is 104 Å². The van der Waals surface area contributed by atoms with Crippen molar-refractivity contribution < 1.29 is 33.9 Å². The second-order valence-corrected chi connectivity index (χ2v) is 3.84. The number of rotatable bonds is 1. The first-order chi connectivity index (χ1) is 5.52. The molecule has 0 saturated carbocycles. The van der Waals surface area contributed by atoms with Crippen molar-refractivity contribution in [1.82, 2.24) is 0 Å². The van der Waals surface area contributed by atoms with E-state index in [1.807, 2.05) is 0 Å². The van der Waals surface area contributed by atoms with Gasteiger partial charge in [-0.05, 0) is 28.1 Å². The Kier molecular flexibility index (Phi) is 5.08. The molecule has 0 bridgehead atoms. The average molecular weight is 302 g/mol. The van der Waals surface area contributed by atoms with Gasteiger partial charge in [0, 0.05) is 10.0 Å². The third-order valence-electron chi connectivity index (χ3n) is 1.25. The summed E-state index contributed by atoms with van der Waals surface area (Å²) >= 11 is 6.08. The molecule has 0 aliphatic carbocycles. The predicted molar refractivity (Wildman–Crippen MR) is 47.8 cm³/mol. The van der Waals surface area contributed by atoms with Crippen molar-refractivity contribution >= 4 is 37.8 Å². The van der Waals surface area contributed by atoms with Crippen LogP contribution in [-0.4, -0.2) is 11.1 Å². The number of phenols is 1. The van der Waals surface area contributed by atoms with Crippen LogP contribution in [-0.2, 0) is 0 Å². The van der Waals surface area contributed by atoms with E-state index in [1.54, 1.807) is 6.07 Å². The molecule has 0 aliphatic heterocycles. The number of hydrogen-bond donors (Lipinski definition) is 1. The fourth-order valence-electron chi connectivity index (χ4n) is 0.722. The van der Waals surface area contributed by atoms with Crippen molar-refractivity contribution in [2.45, 2.75) is 0 Å². The Balaban J connectivity index is 0.00000144. The molecule has 1 aromatic rings. The van der Waals surface area contributed by atoms with Crippen LogP contribution in [0.1, 0.15) is 10.4 Å². The predicted octanol–water partition coefficient (Wildman–Crippen LogP) is -1.72. The smallest absolute Gasteiger partial charge is 0.545 e. The molecule has 0 fully saturated rings. The van der Waals surface area contributed by atoms with Crippen LogP contribution in [0.15, 0.2) is 21.1 Å². The molecule has 0 aromatic heterocycles. The van der Waals surface area contributed by atoms with Crippen LogP contribution in [0.25, 0.3) is 0 Å². The summed E-state index contributed by atoms with van der Waals surface area (Å²) in [5, 5.41) is 19.6. The first kappa shape index (κ1) is 13.0. The molecule has 3 nitrogen and oxygen atoms in total. The van der Waals surface area contributed by atoms with E-state index in [0.717, 1.165) is 0 Å². The molecular weight excluding hydrogens is 299 g/mol. The van der Waals surface area contributed by atoms with Crippen LogP contribution in [0.5, 0.6) is 5.75 Å². The van der Waals surface area contributed by atoms with Crippen molar-refractivity contribution in [2.75, 3.05) is 0 Å². The molecule has 0 unspecified atom stereocenters. The number of hydrogen-bond acceptors (Lipinski definition) is 3. The Hall–Kier alpha value is 0.0474. The second-order valence-electron chi connectivity index (χ2n) is 2.07. The van der Waals surface area contributed by atoms with E-state index >= 15 is 0 Å². The molecule has 0 aliphatic rings. The molecule has 1 N–H and O–H groups in total. The first-order valence-electron chi connectivity index (χ1n) is 2.91. The standard InChI is InChI=1S/C7H4Br2O3.Li/c8-3-1-4(7(11)12)6(10)5(9)2-3;/h1-2,10H,(H,11,12);/q;+1/p-1. The van der Waals surface area contributed by atoms with Crippen LogP contribution in [0.2, 0.25) is 0 Å². The van der Waals surface area contributed by atoms with Gasteiger partial charge in [-0.3, -0.25) is 0 Å². The molecule has 0 spiro atoms. The monoisotopic (exact) mass is 300 g/mol. The summed E-state index contributed by atoms with van der Waals surface area (Å²) in [6.45, 7) is 0. The Morgan fingerprint density at radius 3 is 2.38 bits per heavy atom. The zero-order valence-electron chi connectivity index (χ0n) is 6.67. The zero-order valence-corrected chi connectivity index (χ0v) is 9.85. The summed E-state index contributed by atoms with van der Waals surface area (Å²) in [5.41, 5.74) is -0.240. The van der Waals surface area contributed by atoms with E-state index < -0.39 is 5.97 Å². The molecule has 13 heavy (non-hydrogen) atoms. The van der Waals surface area contributed by atoms with Crippen LogP contribution in [0, 0.1) is 0 Å². The van der Waals surface area contributed by atoms with Gasteiger partial charge in [-0.25, -0.2) is 0 Å². The summed E-state index contributed by atoms with van der Waals surface area (Å²) in [6.07, 6.45) is 0. The maximum Gasteiger partial charge on any atom is 1.00 e.